The van der Waals surface area contributed by atoms with Crippen molar-refractivity contribution in [2.45, 2.75) is 39.8 Å². The van der Waals surface area contributed by atoms with E-state index in [0.29, 0.717) is 19.7 Å². The standard InChI is InChI=1S/C24H30N4O2/c1-3-20-10-5-7-12-22(20)26-24(29)28(16-9-15-27-17-14-25-19-27)18-21-11-6-8-13-23(21)30-4-2/h5-8,10-14,17,19H,3-4,9,15-16,18H2,1-2H3,(H,26,29). The molecule has 0 aliphatic heterocycles. The molecule has 6 heteroatoms. The molecule has 0 spiro atoms. The Kier molecular flexibility index (Phi) is 7.89. The fourth-order valence-electron chi connectivity index (χ4n) is 3.40. The second kappa shape index (κ2) is 11.0. The predicted octanol–water partition coefficient (Wildman–Crippen LogP) is 4.97. The molecule has 2 aromatic carbocycles. The largest absolute Gasteiger partial charge is 0.494 e. The molecular formula is C24H30N4O2. The normalized spacial score (nSPS) is 10.6. The number of ether oxygens (including phenoxy) is 1. The smallest absolute Gasteiger partial charge is 0.322 e. The van der Waals surface area contributed by atoms with Crippen molar-refractivity contribution in [3.8, 4) is 5.75 Å². The van der Waals surface area contributed by atoms with Crippen LogP contribution in [0.15, 0.2) is 67.3 Å². The number of anilines is 1. The second-order valence-corrected chi connectivity index (χ2v) is 7.06. The molecule has 158 valence electrons. The van der Waals surface area contributed by atoms with E-state index in [4.69, 9.17) is 4.74 Å². The van der Waals surface area contributed by atoms with Gasteiger partial charge in [-0.2, -0.15) is 0 Å². The first-order valence-corrected chi connectivity index (χ1v) is 10.5. The molecule has 0 radical (unpaired) electrons. The Hall–Kier alpha value is -3.28. The summed E-state index contributed by atoms with van der Waals surface area (Å²) in [5.74, 6) is 0.821. The molecule has 0 bridgehead atoms. The zero-order valence-corrected chi connectivity index (χ0v) is 17.8. The Morgan fingerprint density at radius 1 is 1.10 bits per heavy atom. The van der Waals surface area contributed by atoms with Crippen LogP contribution in [-0.4, -0.2) is 33.6 Å². The van der Waals surface area contributed by atoms with E-state index >= 15 is 0 Å². The van der Waals surface area contributed by atoms with Crippen LogP contribution in [0.5, 0.6) is 5.75 Å². The fourth-order valence-corrected chi connectivity index (χ4v) is 3.40. The lowest BCUT2D eigenvalue weighted by atomic mass is 10.1. The summed E-state index contributed by atoms with van der Waals surface area (Å²) in [6.07, 6.45) is 7.20. The van der Waals surface area contributed by atoms with Crippen LogP contribution in [0.2, 0.25) is 0 Å². The van der Waals surface area contributed by atoms with E-state index in [0.717, 1.165) is 42.0 Å². The number of aryl methyl sites for hydroxylation is 2. The summed E-state index contributed by atoms with van der Waals surface area (Å²) in [5.41, 5.74) is 2.99. The highest BCUT2D eigenvalue weighted by Gasteiger charge is 2.17. The maximum atomic E-state index is 13.2. The first kappa shape index (κ1) is 21.4. The lowest BCUT2D eigenvalue weighted by molar-refractivity contribution is 0.206. The Morgan fingerprint density at radius 2 is 1.87 bits per heavy atom. The summed E-state index contributed by atoms with van der Waals surface area (Å²) < 4.78 is 7.79. The highest BCUT2D eigenvalue weighted by atomic mass is 16.5. The molecule has 1 N–H and O–H groups in total. The van der Waals surface area contributed by atoms with Gasteiger partial charge in [0.15, 0.2) is 0 Å². The van der Waals surface area contributed by atoms with Gasteiger partial charge in [0.25, 0.3) is 0 Å². The van der Waals surface area contributed by atoms with Crippen LogP contribution in [0.3, 0.4) is 0 Å². The number of carbonyl (C=O) groups is 1. The molecule has 3 rings (SSSR count). The van der Waals surface area contributed by atoms with E-state index in [1.54, 1.807) is 12.5 Å². The monoisotopic (exact) mass is 406 g/mol. The van der Waals surface area contributed by atoms with E-state index in [1.807, 2.05) is 71.1 Å². The Morgan fingerprint density at radius 3 is 2.60 bits per heavy atom. The molecule has 1 aromatic heterocycles. The van der Waals surface area contributed by atoms with Gasteiger partial charge in [0, 0.05) is 36.7 Å². The number of rotatable bonds is 10. The summed E-state index contributed by atoms with van der Waals surface area (Å²) in [4.78, 5) is 19.1. The van der Waals surface area contributed by atoms with Gasteiger partial charge in [-0.1, -0.05) is 43.3 Å². The lowest BCUT2D eigenvalue weighted by Gasteiger charge is -2.25. The van der Waals surface area contributed by atoms with Crippen LogP contribution in [0, 0.1) is 0 Å². The van der Waals surface area contributed by atoms with Gasteiger partial charge in [-0.3, -0.25) is 0 Å². The predicted molar refractivity (Wildman–Crippen MR) is 120 cm³/mol. The Labute approximate surface area is 178 Å². The third-order valence-corrected chi connectivity index (χ3v) is 4.96. The van der Waals surface area contributed by atoms with Crippen molar-refractivity contribution in [1.29, 1.82) is 0 Å². The quantitative estimate of drug-likeness (QED) is 0.517. The van der Waals surface area contributed by atoms with Gasteiger partial charge >= 0.3 is 6.03 Å². The number of carbonyl (C=O) groups excluding carboxylic acids is 1. The van der Waals surface area contributed by atoms with Gasteiger partial charge in [-0.25, -0.2) is 9.78 Å². The summed E-state index contributed by atoms with van der Waals surface area (Å²) in [6.45, 7) is 6.56. The first-order valence-electron chi connectivity index (χ1n) is 10.5. The highest BCUT2D eigenvalue weighted by molar-refractivity contribution is 5.90. The molecule has 0 aliphatic carbocycles. The minimum absolute atomic E-state index is 0.104. The van der Waals surface area contributed by atoms with Crippen molar-refractivity contribution in [1.82, 2.24) is 14.5 Å². The molecule has 0 fully saturated rings. The topological polar surface area (TPSA) is 59.4 Å². The number of imidazole rings is 1. The third-order valence-electron chi connectivity index (χ3n) is 4.96. The van der Waals surface area contributed by atoms with E-state index in [1.165, 1.54) is 0 Å². The van der Waals surface area contributed by atoms with E-state index in [2.05, 4.69) is 17.2 Å². The van der Waals surface area contributed by atoms with Gasteiger partial charge in [0.2, 0.25) is 0 Å². The van der Waals surface area contributed by atoms with Crippen molar-refractivity contribution >= 4 is 11.7 Å². The SMILES string of the molecule is CCOc1ccccc1CN(CCCn1ccnc1)C(=O)Nc1ccccc1CC. The number of nitrogens with one attached hydrogen (secondary N) is 1. The molecule has 0 unspecified atom stereocenters. The highest BCUT2D eigenvalue weighted by Crippen LogP contribution is 2.22. The molecule has 6 nitrogen and oxygen atoms in total. The maximum absolute atomic E-state index is 13.2. The molecule has 1 heterocycles. The van der Waals surface area contributed by atoms with Crippen molar-refractivity contribution in [2.75, 3.05) is 18.5 Å². The average molecular weight is 407 g/mol. The van der Waals surface area contributed by atoms with Crippen molar-refractivity contribution < 1.29 is 9.53 Å². The number of hydrogen-bond acceptors (Lipinski definition) is 3. The number of hydrogen-bond donors (Lipinski definition) is 1. The molecule has 0 aliphatic rings. The van der Waals surface area contributed by atoms with Crippen LogP contribution < -0.4 is 10.1 Å². The van der Waals surface area contributed by atoms with Crippen LogP contribution in [0.4, 0.5) is 10.5 Å². The lowest BCUT2D eigenvalue weighted by Crippen LogP contribution is -2.36. The molecule has 0 atom stereocenters. The molecule has 2 amide bonds. The van der Waals surface area contributed by atoms with Crippen molar-refractivity contribution in [3.63, 3.8) is 0 Å². The van der Waals surface area contributed by atoms with Crippen molar-refractivity contribution in [2.24, 2.45) is 0 Å². The van der Waals surface area contributed by atoms with Gasteiger partial charge in [-0.05, 0) is 37.5 Å². The molecule has 3 aromatic rings. The molecular weight excluding hydrogens is 376 g/mol. The van der Waals surface area contributed by atoms with E-state index in [-0.39, 0.29) is 6.03 Å². The third kappa shape index (κ3) is 5.86. The molecule has 0 saturated heterocycles. The second-order valence-electron chi connectivity index (χ2n) is 7.06. The number of urea groups is 1. The minimum Gasteiger partial charge on any atom is -0.494 e. The average Bonchev–Trinajstić information content (AvgIpc) is 3.28. The van der Waals surface area contributed by atoms with Crippen LogP contribution in [0.25, 0.3) is 0 Å². The molecule has 30 heavy (non-hydrogen) atoms. The maximum Gasteiger partial charge on any atom is 0.322 e. The van der Waals surface area contributed by atoms with Crippen LogP contribution in [-0.2, 0) is 19.5 Å². The number of aromatic nitrogens is 2. The summed E-state index contributed by atoms with van der Waals surface area (Å²) >= 11 is 0. The Bertz CT molecular complexity index is 924. The van der Waals surface area contributed by atoms with Gasteiger partial charge < -0.3 is 19.5 Å². The van der Waals surface area contributed by atoms with Gasteiger partial charge in [0.1, 0.15) is 5.75 Å². The number of para-hydroxylation sites is 2. The first-order chi connectivity index (χ1) is 14.7. The van der Waals surface area contributed by atoms with E-state index < -0.39 is 0 Å². The number of benzene rings is 2. The minimum atomic E-state index is -0.104. The fraction of sp³-hybridized carbons (Fsp3) is 0.333. The van der Waals surface area contributed by atoms with E-state index in [9.17, 15) is 4.79 Å². The number of nitrogens with zero attached hydrogens (tertiary/aromatic N) is 3. The van der Waals surface area contributed by atoms with Gasteiger partial charge in [-0.15, -0.1) is 0 Å². The number of amides is 2. The van der Waals surface area contributed by atoms with Gasteiger partial charge in [0.05, 0.1) is 19.5 Å². The Balaban J connectivity index is 1.75. The zero-order chi connectivity index (χ0) is 21.2. The van der Waals surface area contributed by atoms with Crippen LogP contribution in [0.1, 0.15) is 31.4 Å². The van der Waals surface area contributed by atoms with Crippen molar-refractivity contribution in [3.05, 3.63) is 78.4 Å². The summed E-state index contributed by atoms with van der Waals surface area (Å²) in [5, 5.41) is 3.10. The summed E-state index contributed by atoms with van der Waals surface area (Å²) in [6, 6.07) is 15.7. The zero-order valence-electron chi connectivity index (χ0n) is 17.8. The summed E-state index contributed by atoms with van der Waals surface area (Å²) in [7, 11) is 0. The molecule has 0 saturated carbocycles. The van der Waals surface area contributed by atoms with Crippen LogP contribution >= 0.6 is 0 Å².